The molecular formula is C6H9ClN2O. The van der Waals surface area contributed by atoms with E-state index >= 15 is 0 Å². The van der Waals surface area contributed by atoms with E-state index in [2.05, 4.69) is 11.6 Å². The number of nitrogens with two attached hydrogens (primary N) is 1. The van der Waals surface area contributed by atoms with Crippen molar-refractivity contribution in [1.29, 1.82) is 0 Å². The molecule has 56 valence electrons. The van der Waals surface area contributed by atoms with Crippen LogP contribution in [0, 0.1) is 0 Å². The van der Waals surface area contributed by atoms with Gasteiger partial charge >= 0.3 is 0 Å². The van der Waals surface area contributed by atoms with Crippen molar-refractivity contribution < 1.29 is 4.74 Å². The van der Waals surface area contributed by atoms with Crippen LogP contribution >= 0.6 is 11.6 Å². The maximum Gasteiger partial charge on any atom is 0.231 e. The lowest BCUT2D eigenvalue weighted by Crippen LogP contribution is -1.98. The first kappa shape index (κ1) is 9.04. The Hall–Kier alpha value is -0.960. The maximum absolute atomic E-state index is 5.45. The van der Waals surface area contributed by atoms with Crippen LogP contribution in [-0.2, 0) is 4.74 Å². The lowest BCUT2D eigenvalue weighted by Gasteiger charge is -1.97. The van der Waals surface area contributed by atoms with Gasteiger partial charge in [0.25, 0.3) is 0 Å². The third-order valence-corrected chi connectivity index (χ3v) is 0.865. The van der Waals surface area contributed by atoms with Gasteiger partial charge in [-0.3, -0.25) is 0 Å². The summed E-state index contributed by atoms with van der Waals surface area (Å²) in [6, 6.07) is 0. The zero-order valence-corrected chi connectivity index (χ0v) is 6.43. The number of methoxy groups -OCH3 is 1. The van der Waals surface area contributed by atoms with E-state index in [1.807, 2.05) is 0 Å². The van der Waals surface area contributed by atoms with Gasteiger partial charge in [0, 0.05) is 12.4 Å². The standard InChI is InChI=1S/C6H9ClN2O/c1-5(7)6(10-2)9-4-3-8/h3-4H,1,8H2,2H3/b4-3-,9-6?. The Morgan fingerprint density at radius 1 is 1.80 bits per heavy atom. The molecule has 0 saturated heterocycles. The molecule has 2 N–H and O–H groups in total. The van der Waals surface area contributed by atoms with Crippen molar-refractivity contribution in [2.24, 2.45) is 10.7 Å². The molecule has 3 nitrogen and oxygen atoms in total. The Labute approximate surface area is 64.8 Å². The zero-order chi connectivity index (χ0) is 7.98. The zero-order valence-electron chi connectivity index (χ0n) is 5.67. The Morgan fingerprint density at radius 2 is 2.40 bits per heavy atom. The van der Waals surface area contributed by atoms with Gasteiger partial charge in [0.05, 0.1) is 12.1 Å². The van der Waals surface area contributed by atoms with E-state index < -0.39 is 0 Å². The predicted molar refractivity (Wildman–Crippen MR) is 42.8 cm³/mol. The number of ether oxygens (including phenoxy) is 1. The van der Waals surface area contributed by atoms with E-state index in [9.17, 15) is 0 Å². The molecule has 4 heteroatoms. The van der Waals surface area contributed by atoms with Crippen LogP contribution in [0.25, 0.3) is 0 Å². The molecule has 0 bridgehead atoms. The minimum atomic E-state index is 0.251. The average Bonchev–Trinajstić information content (AvgIpc) is 1.89. The van der Waals surface area contributed by atoms with Crippen LogP contribution in [0.5, 0.6) is 0 Å². The highest BCUT2D eigenvalue weighted by molar-refractivity contribution is 6.41. The summed E-state index contributed by atoms with van der Waals surface area (Å²) >= 11 is 5.45. The molecule has 0 aromatic rings. The number of aliphatic imine (C=N–C) groups is 1. The molecule has 0 fully saturated rings. The van der Waals surface area contributed by atoms with E-state index in [1.54, 1.807) is 0 Å². The predicted octanol–water partition coefficient (Wildman–Crippen LogP) is 1.21. The second-order valence-electron chi connectivity index (χ2n) is 1.38. The van der Waals surface area contributed by atoms with Gasteiger partial charge in [0.2, 0.25) is 5.90 Å². The van der Waals surface area contributed by atoms with Crippen LogP contribution in [0.3, 0.4) is 0 Å². The summed E-state index contributed by atoms with van der Waals surface area (Å²) in [5.41, 5.74) is 5.02. The Bertz CT molecular complexity index is 175. The van der Waals surface area contributed by atoms with Crippen molar-refractivity contribution in [3.05, 3.63) is 24.0 Å². The summed E-state index contributed by atoms with van der Waals surface area (Å²) in [5.74, 6) is 0.267. The second-order valence-corrected chi connectivity index (χ2v) is 1.84. The van der Waals surface area contributed by atoms with Gasteiger partial charge in [-0.05, 0) is 0 Å². The largest absolute Gasteiger partial charge is 0.480 e. The van der Waals surface area contributed by atoms with Gasteiger partial charge in [-0.1, -0.05) is 18.2 Å². The summed E-state index contributed by atoms with van der Waals surface area (Å²) in [6.45, 7) is 3.41. The highest BCUT2D eigenvalue weighted by Crippen LogP contribution is 2.01. The second kappa shape index (κ2) is 4.88. The van der Waals surface area contributed by atoms with Crippen molar-refractivity contribution >= 4 is 17.5 Å². The van der Waals surface area contributed by atoms with Crippen molar-refractivity contribution in [3.8, 4) is 0 Å². The van der Waals surface area contributed by atoms with Crippen LogP contribution in [-0.4, -0.2) is 13.0 Å². The number of nitrogens with zero attached hydrogens (tertiary/aromatic N) is 1. The summed E-state index contributed by atoms with van der Waals surface area (Å²) in [5, 5.41) is 0.251. The molecule has 0 amide bonds. The molecule has 0 radical (unpaired) electrons. The first-order valence-corrected chi connectivity index (χ1v) is 2.93. The molecule has 0 unspecified atom stereocenters. The van der Waals surface area contributed by atoms with Crippen LogP contribution in [0.15, 0.2) is 29.0 Å². The van der Waals surface area contributed by atoms with Gasteiger partial charge in [-0.25, -0.2) is 4.99 Å². The van der Waals surface area contributed by atoms with Crippen LogP contribution in [0.1, 0.15) is 0 Å². The topological polar surface area (TPSA) is 47.6 Å². The highest BCUT2D eigenvalue weighted by atomic mass is 35.5. The van der Waals surface area contributed by atoms with Gasteiger partial charge in [-0.15, -0.1) is 0 Å². The molecule has 0 aliphatic rings. The van der Waals surface area contributed by atoms with Crippen molar-refractivity contribution in [2.45, 2.75) is 0 Å². The van der Waals surface area contributed by atoms with Crippen LogP contribution < -0.4 is 5.73 Å². The van der Waals surface area contributed by atoms with Gasteiger partial charge in [-0.2, -0.15) is 0 Å². The Morgan fingerprint density at radius 3 is 2.70 bits per heavy atom. The van der Waals surface area contributed by atoms with Crippen molar-refractivity contribution in [3.63, 3.8) is 0 Å². The molecule has 0 rings (SSSR count). The molecule has 0 saturated carbocycles. The van der Waals surface area contributed by atoms with Crippen LogP contribution in [0.2, 0.25) is 0 Å². The lowest BCUT2D eigenvalue weighted by atomic mass is 10.6. The van der Waals surface area contributed by atoms with Gasteiger partial charge in [0.1, 0.15) is 0 Å². The first-order chi connectivity index (χ1) is 4.72. The molecule has 0 heterocycles. The summed E-state index contributed by atoms with van der Waals surface area (Å²) in [7, 11) is 1.46. The number of hydrogen-bond acceptors (Lipinski definition) is 3. The third-order valence-electron chi connectivity index (χ3n) is 0.703. The number of halogens is 1. The van der Waals surface area contributed by atoms with Crippen LogP contribution in [0.4, 0.5) is 0 Å². The molecular weight excluding hydrogens is 152 g/mol. The first-order valence-electron chi connectivity index (χ1n) is 2.55. The molecule has 10 heavy (non-hydrogen) atoms. The Kier molecular flexibility index (Phi) is 4.41. The summed E-state index contributed by atoms with van der Waals surface area (Å²) in [6.07, 6.45) is 2.64. The van der Waals surface area contributed by atoms with E-state index in [0.717, 1.165) is 0 Å². The maximum atomic E-state index is 5.45. The number of hydrogen-bond donors (Lipinski definition) is 1. The number of rotatable bonds is 2. The quantitative estimate of drug-likeness (QED) is 0.488. The van der Waals surface area contributed by atoms with E-state index in [0.29, 0.717) is 0 Å². The summed E-state index contributed by atoms with van der Waals surface area (Å²) < 4.78 is 4.73. The van der Waals surface area contributed by atoms with Gasteiger partial charge in [0.15, 0.2) is 0 Å². The highest BCUT2D eigenvalue weighted by Gasteiger charge is 1.97. The van der Waals surface area contributed by atoms with Crippen molar-refractivity contribution in [1.82, 2.24) is 0 Å². The molecule has 0 aromatic carbocycles. The Balaban J connectivity index is 4.18. The molecule has 0 aromatic heterocycles. The SMILES string of the molecule is C=C(Cl)C(=N/C=C\N)OC. The van der Waals surface area contributed by atoms with Crippen molar-refractivity contribution in [2.75, 3.05) is 7.11 Å². The summed E-state index contributed by atoms with van der Waals surface area (Å²) in [4.78, 5) is 3.72. The monoisotopic (exact) mass is 160 g/mol. The van der Waals surface area contributed by atoms with E-state index in [-0.39, 0.29) is 10.9 Å². The fourth-order valence-electron chi connectivity index (χ4n) is 0.344. The minimum absolute atomic E-state index is 0.251. The van der Waals surface area contributed by atoms with E-state index in [4.69, 9.17) is 22.1 Å². The smallest absolute Gasteiger partial charge is 0.231 e. The molecule has 0 spiro atoms. The molecule has 0 aliphatic heterocycles. The molecule has 0 atom stereocenters. The fourth-order valence-corrected chi connectivity index (χ4v) is 0.470. The average molecular weight is 161 g/mol. The normalized spacial score (nSPS) is 12.0. The van der Waals surface area contributed by atoms with Gasteiger partial charge < -0.3 is 10.5 Å². The van der Waals surface area contributed by atoms with E-state index in [1.165, 1.54) is 19.5 Å². The minimum Gasteiger partial charge on any atom is -0.480 e. The lowest BCUT2D eigenvalue weighted by molar-refractivity contribution is 0.406. The molecule has 0 aliphatic carbocycles. The fraction of sp³-hybridized carbons (Fsp3) is 0.167. The third kappa shape index (κ3) is 3.14.